The summed E-state index contributed by atoms with van der Waals surface area (Å²) in [6, 6.07) is 0.727. The van der Waals surface area contributed by atoms with E-state index in [4.69, 9.17) is 0 Å². The number of carbonyl (C=O) groups excluding carboxylic acids is 1. The zero-order valence-electron chi connectivity index (χ0n) is 15.9. The number of amides is 1. The summed E-state index contributed by atoms with van der Waals surface area (Å²) in [5.41, 5.74) is 2.46. The van der Waals surface area contributed by atoms with Crippen LogP contribution in [0.15, 0.2) is 11.1 Å². The fraction of sp³-hybridized carbons (Fsp3) is 0.800. The van der Waals surface area contributed by atoms with E-state index in [1.807, 2.05) is 0 Å². The van der Waals surface area contributed by atoms with E-state index in [1.54, 1.807) is 0 Å². The van der Waals surface area contributed by atoms with Crippen LogP contribution in [0.25, 0.3) is 0 Å². The van der Waals surface area contributed by atoms with Crippen LogP contribution in [0.2, 0.25) is 0 Å². The lowest BCUT2D eigenvalue weighted by atomic mass is 9.78. The van der Waals surface area contributed by atoms with Gasteiger partial charge in [0.05, 0.1) is 11.8 Å². The van der Waals surface area contributed by atoms with E-state index in [9.17, 15) is 14.7 Å². The fourth-order valence-corrected chi connectivity index (χ4v) is 5.46. The number of carboxylic acid groups (broad SMARTS) is 1. The first-order valence-electron chi connectivity index (χ1n) is 9.75. The van der Waals surface area contributed by atoms with E-state index in [-0.39, 0.29) is 29.7 Å². The maximum Gasteiger partial charge on any atom is 0.307 e. The lowest BCUT2D eigenvalue weighted by Crippen LogP contribution is -2.50. The van der Waals surface area contributed by atoms with Crippen LogP contribution in [-0.2, 0) is 9.59 Å². The van der Waals surface area contributed by atoms with Gasteiger partial charge in [-0.05, 0) is 65.2 Å². The SMILES string of the molecule is CC(C)=C1[C@H]2CC[C@H]1[C@@H](C(=O)O)[C@H]2C(=O)NC1CCN(C(C)C)CC1. The molecule has 0 aromatic rings. The third-order valence-electron chi connectivity index (χ3n) is 6.61. The monoisotopic (exact) mass is 348 g/mol. The second-order valence-electron chi connectivity index (χ2n) is 8.55. The molecule has 5 nitrogen and oxygen atoms in total. The van der Waals surface area contributed by atoms with Gasteiger partial charge in [0.1, 0.15) is 0 Å². The van der Waals surface area contributed by atoms with Crippen LogP contribution >= 0.6 is 0 Å². The lowest BCUT2D eigenvalue weighted by Gasteiger charge is -2.36. The number of allylic oxidation sites excluding steroid dienone is 2. The average molecular weight is 348 g/mol. The summed E-state index contributed by atoms with van der Waals surface area (Å²) in [4.78, 5) is 27.3. The molecule has 1 saturated heterocycles. The summed E-state index contributed by atoms with van der Waals surface area (Å²) in [7, 11) is 0. The Morgan fingerprint density at radius 2 is 1.60 bits per heavy atom. The summed E-state index contributed by atoms with van der Waals surface area (Å²) < 4.78 is 0. The normalized spacial score (nSPS) is 33.1. The maximum atomic E-state index is 13.0. The van der Waals surface area contributed by atoms with Crippen LogP contribution in [0.5, 0.6) is 0 Å². The Morgan fingerprint density at radius 3 is 2.08 bits per heavy atom. The number of fused-ring (bicyclic) bond motifs is 2. The molecule has 5 heteroatoms. The maximum absolute atomic E-state index is 13.0. The number of likely N-dealkylation sites (tertiary alicyclic amines) is 1. The van der Waals surface area contributed by atoms with Crippen molar-refractivity contribution < 1.29 is 14.7 Å². The number of rotatable bonds is 4. The van der Waals surface area contributed by atoms with Crippen molar-refractivity contribution >= 4 is 11.9 Å². The van der Waals surface area contributed by atoms with Gasteiger partial charge < -0.3 is 15.3 Å². The third-order valence-corrected chi connectivity index (χ3v) is 6.61. The van der Waals surface area contributed by atoms with Gasteiger partial charge in [-0.25, -0.2) is 0 Å². The molecule has 2 N–H and O–H groups in total. The molecule has 3 aliphatic rings. The summed E-state index contributed by atoms with van der Waals surface area (Å²) >= 11 is 0. The third kappa shape index (κ3) is 3.35. The molecule has 4 atom stereocenters. The van der Waals surface area contributed by atoms with Gasteiger partial charge in [0, 0.05) is 25.2 Å². The van der Waals surface area contributed by atoms with Crippen molar-refractivity contribution in [2.75, 3.05) is 13.1 Å². The summed E-state index contributed by atoms with van der Waals surface area (Å²) in [6.45, 7) is 10.5. The Balaban J connectivity index is 1.69. The molecule has 0 radical (unpaired) electrons. The Hall–Kier alpha value is -1.36. The zero-order chi connectivity index (χ0) is 18.3. The van der Waals surface area contributed by atoms with E-state index in [0.717, 1.165) is 38.8 Å². The summed E-state index contributed by atoms with van der Waals surface area (Å²) in [6.07, 6.45) is 3.79. The Labute approximate surface area is 150 Å². The minimum Gasteiger partial charge on any atom is -0.481 e. The van der Waals surface area contributed by atoms with Crippen LogP contribution in [0, 0.1) is 23.7 Å². The molecule has 140 valence electrons. The van der Waals surface area contributed by atoms with Crippen molar-refractivity contribution in [3.8, 4) is 0 Å². The largest absolute Gasteiger partial charge is 0.481 e. The highest BCUT2D eigenvalue weighted by Crippen LogP contribution is 2.57. The Bertz CT molecular complexity index is 571. The predicted octanol–water partition coefficient (Wildman–Crippen LogP) is 2.67. The number of nitrogens with zero attached hydrogens (tertiary/aromatic N) is 1. The van der Waals surface area contributed by atoms with Gasteiger partial charge in [-0.3, -0.25) is 9.59 Å². The van der Waals surface area contributed by atoms with Crippen LogP contribution in [-0.4, -0.2) is 47.1 Å². The van der Waals surface area contributed by atoms with Crippen molar-refractivity contribution in [3.63, 3.8) is 0 Å². The molecule has 0 unspecified atom stereocenters. The number of carboxylic acids is 1. The molecule has 1 amide bonds. The predicted molar refractivity (Wildman–Crippen MR) is 97.1 cm³/mol. The first kappa shape index (κ1) is 18.4. The first-order chi connectivity index (χ1) is 11.8. The first-order valence-corrected chi connectivity index (χ1v) is 9.75. The van der Waals surface area contributed by atoms with Gasteiger partial charge in [0.2, 0.25) is 5.91 Å². The molecule has 1 aliphatic heterocycles. The molecule has 3 rings (SSSR count). The fourth-order valence-electron chi connectivity index (χ4n) is 5.46. The highest BCUT2D eigenvalue weighted by Gasteiger charge is 2.57. The van der Waals surface area contributed by atoms with Crippen molar-refractivity contribution in [3.05, 3.63) is 11.1 Å². The Kier molecular flexibility index (Phi) is 5.24. The standard InChI is InChI=1S/C20H32N2O3/c1-11(2)16-14-5-6-15(16)18(20(24)25)17(14)19(23)21-13-7-9-22(10-8-13)12(3)4/h12-15,17-18H,5-10H2,1-4H3,(H,21,23)(H,24,25)/t14-,15-,17+,18-/m1/s1. The number of carbonyl (C=O) groups is 2. The van der Waals surface area contributed by atoms with Crippen molar-refractivity contribution in [2.24, 2.45) is 23.7 Å². The van der Waals surface area contributed by atoms with Gasteiger partial charge in [-0.15, -0.1) is 0 Å². The number of hydrogen-bond donors (Lipinski definition) is 2. The Morgan fingerprint density at radius 1 is 1.04 bits per heavy atom. The minimum atomic E-state index is -0.805. The second kappa shape index (κ2) is 7.10. The molecule has 3 fully saturated rings. The number of aliphatic carboxylic acids is 1. The van der Waals surface area contributed by atoms with E-state index in [2.05, 4.69) is 37.9 Å². The highest BCUT2D eigenvalue weighted by molar-refractivity contribution is 5.87. The topological polar surface area (TPSA) is 69.6 Å². The van der Waals surface area contributed by atoms with Gasteiger partial charge in [0.25, 0.3) is 0 Å². The minimum absolute atomic E-state index is 0.0265. The van der Waals surface area contributed by atoms with Crippen LogP contribution < -0.4 is 5.32 Å². The van der Waals surface area contributed by atoms with Crippen molar-refractivity contribution in [2.45, 2.75) is 65.5 Å². The van der Waals surface area contributed by atoms with Crippen molar-refractivity contribution in [1.29, 1.82) is 0 Å². The molecule has 2 saturated carbocycles. The van der Waals surface area contributed by atoms with E-state index in [1.165, 1.54) is 11.1 Å². The molecule has 1 heterocycles. The molecule has 0 aromatic heterocycles. The van der Waals surface area contributed by atoms with E-state index in [0.29, 0.717) is 6.04 Å². The van der Waals surface area contributed by atoms with E-state index >= 15 is 0 Å². The summed E-state index contributed by atoms with van der Waals surface area (Å²) in [5.74, 6) is -1.57. The molecule has 2 bridgehead atoms. The average Bonchev–Trinajstić information content (AvgIpc) is 3.11. The van der Waals surface area contributed by atoms with Gasteiger partial charge >= 0.3 is 5.97 Å². The highest BCUT2D eigenvalue weighted by atomic mass is 16.4. The summed E-state index contributed by atoms with van der Waals surface area (Å²) in [5, 5.41) is 12.9. The van der Waals surface area contributed by atoms with Crippen LogP contribution in [0.1, 0.15) is 53.4 Å². The second-order valence-corrected chi connectivity index (χ2v) is 8.55. The lowest BCUT2D eigenvalue weighted by molar-refractivity contribution is -0.149. The molecule has 25 heavy (non-hydrogen) atoms. The molecular weight excluding hydrogens is 316 g/mol. The number of hydrogen-bond acceptors (Lipinski definition) is 3. The van der Waals surface area contributed by atoms with Gasteiger partial charge in [-0.1, -0.05) is 11.1 Å². The zero-order valence-corrected chi connectivity index (χ0v) is 15.9. The van der Waals surface area contributed by atoms with Crippen LogP contribution in [0.3, 0.4) is 0 Å². The molecule has 0 spiro atoms. The molecular formula is C20H32N2O3. The smallest absolute Gasteiger partial charge is 0.307 e. The van der Waals surface area contributed by atoms with Gasteiger partial charge in [-0.2, -0.15) is 0 Å². The molecule has 0 aromatic carbocycles. The number of piperidine rings is 1. The molecule has 2 aliphatic carbocycles. The van der Waals surface area contributed by atoms with Gasteiger partial charge in [0.15, 0.2) is 0 Å². The van der Waals surface area contributed by atoms with Crippen molar-refractivity contribution in [1.82, 2.24) is 10.2 Å². The quantitative estimate of drug-likeness (QED) is 0.767. The van der Waals surface area contributed by atoms with Crippen LogP contribution in [0.4, 0.5) is 0 Å². The van der Waals surface area contributed by atoms with E-state index < -0.39 is 11.9 Å². The number of nitrogens with one attached hydrogen (secondary N) is 1.